The predicted molar refractivity (Wildman–Crippen MR) is 178 cm³/mol. The van der Waals surface area contributed by atoms with Crippen molar-refractivity contribution in [2.75, 3.05) is 0 Å². The zero-order valence-electron chi connectivity index (χ0n) is 22.6. The first kappa shape index (κ1) is 22.7. The molecule has 0 saturated carbocycles. The highest BCUT2D eigenvalue weighted by Crippen LogP contribution is 2.48. The molecule has 0 spiro atoms. The summed E-state index contributed by atoms with van der Waals surface area (Å²) >= 11 is 0. The normalized spacial score (nSPS) is 13.7. The smallest absolute Gasteiger partial charge is 0.0626 e. The Morgan fingerprint density at radius 2 is 1.20 bits per heavy atom. The third kappa shape index (κ3) is 3.18. The van der Waals surface area contributed by atoms with Crippen molar-refractivity contribution in [3.05, 3.63) is 140 Å². The average Bonchev–Trinajstić information content (AvgIpc) is 3.41. The molecule has 0 aliphatic heterocycles. The maximum Gasteiger partial charge on any atom is 0.0626 e. The van der Waals surface area contributed by atoms with Gasteiger partial charge in [-0.3, -0.25) is 0 Å². The van der Waals surface area contributed by atoms with Gasteiger partial charge in [-0.1, -0.05) is 121 Å². The lowest BCUT2D eigenvalue weighted by molar-refractivity contribution is 1.02. The third-order valence-electron chi connectivity index (χ3n) is 8.94. The van der Waals surface area contributed by atoms with Crippen molar-refractivity contribution in [2.24, 2.45) is 0 Å². The molecule has 8 aromatic rings. The molecule has 0 unspecified atom stereocenters. The molecule has 7 aromatic carbocycles. The number of rotatable bonds is 2. The number of hydrogen-bond acceptors (Lipinski definition) is 0. The lowest BCUT2D eigenvalue weighted by atomic mass is 9.88. The monoisotopic (exact) mass is 521 g/mol. The van der Waals surface area contributed by atoms with Crippen LogP contribution >= 0.6 is 0 Å². The van der Waals surface area contributed by atoms with Gasteiger partial charge in [0.2, 0.25) is 0 Å². The summed E-state index contributed by atoms with van der Waals surface area (Å²) in [6.07, 6.45) is 9.20. The highest BCUT2D eigenvalue weighted by molar-refractivity contribution is 6.40. The summed E-state index contributed by atoms with van der Waals surface area (Å²) in [5.74, 6) is 0. The molecule has 0 fully saturated rings. The molecule has 1 nitrogen and oxygen atoms in total. The van der Waals surface area contributed by atoms with Gasteiger partial charge in [0.05, 0.1) is 11.0 Å². The molecule has 9 rings (SSSR count). The molecule has 0 saturated heterocycles. The van der Waals surface area contributed by atoms with Crippen LogP contribution in [0.1, 0.15) is 12.8 Å². The molecular weight excluding hydrogens is 494 g/mol. The SMILES string of the molecule is C1=CC(n2c3ccc4ccccc4c3c3c4c5ccccc5c(-c5ccccc5)cc4c4ccccc4c32)=CCC1. The van der Waals surface area contributed by atoms with Gasteiger partial charge in [0.25, 0.3) is 0 Å². The van der Waals surface area contributed by atoms with E-state index in [1.807, 2.05) is 0 Å². The van der Waals surface area contributed by atoms with Gasteiger partial charge in [0.15, 0.2) is 0 Å². The molecular formula is C40H27N. The van der Waals surface area contributed by atoms with Crippen LogP contribution in [0.15, 0.2) is 140 Å². The maximum atomic E-state index is 2.54. The van der Waals surface area contributed by atoms with Crippen molar-refractivity contribution in [3.8, 4) is 11.1 Å². The van der Waals surface area contributed by atoms with Crippen LogP contribution in [0.2, 0.25) is 0 Å². The Balaban J connectivity index is 1.64. The predicted octanol–water partition coefficient (Wildman–Crippen LogP) is 11.3. The second-order valence-corrected chi connectivity index (χ2v) is 11.2. The molecule has 0 bridgehead atoms. The number of hydrogen-bond donors (Lipinski definition) is 0. The number of allylic oxidation sites excluding steroid dienone is 4. The zero-order valence-corrected chi connectivity index (χ0v) is 22.6. The quantitative estimate of drug-likeness (QED) is 0.199. The van der Waals surface area contributed by atoms with E-state index < -0.39 is 0 Å². The van der Waals surface area contributed by atoms with Crippen LogP contribution in [0.4, 0.5) is 0 Å². The van der Waals surface area contributed by atoms with Gasteiger partial charge >= 0.3 is 0 Å². The summed E-state index contributed by atoms with van der Waals surface area (Å²) in [7, 11) is 0. The second kappa shape index (κ2) is 8.68. The van der Waals surface area contributed by atoms with E-state index in [0.29, 0.717) is 0 Å². The molecule has 1 aliphatic carbocycles. The zero-order chi connectivity index (χ0) is 26.9. The molecule has 0 radical (unpaired) electrons. The van der Waals surface area contributed by atoms with Gasteiger partial charge in [0.1, 0.15) is 0 Å². The Morgan fingerprint density at radius 3 is 2.00 bits per heavy atom. The standard InChI is InChI=1S/C40H27N/c1-3-13-26(14-4-1)34-25-35-31-20-10-12-22-33(31)40-39(37(35)32-21-11-9-19-30(32)34)38-29-18-8-7-15-27(29)23-24-36(38)41(40)28-16-5-2-6-17-28/h1,3-5,7-25H,2,6H2. The van der Waals surface area contributed by atoms with Crippen LogP contribution in [0, 0.1) is 0 Å². The fraction of sp³-hybridized carbons (Fsp3) is 0.0500. The Hall–Kier alpha value is -5.14. The van der Waals surface area contributed by atoms with E-state index in [4.69, 9.17) is 0 Å². The highest BCUT2D eigenvalue weighted by Gasteiger charge is 2.23. The Labute approximate surface area is 238 Å². The van der Waals surface area contributed by atoms with E-state index in [0.717, 1.165) is 12.8 Å². The van der Waals surface area contributed by atoms with E-state index >= 15 is 0 Å². The van der Waals surface area contributed by atoms with Crippen molar-refractivity contribution in [1.82, 2.24) is 4.57 Å². The van der Waals surface area contributed by atoms with Crippen molar-refractivity contribution in [1.29, 1.82) is 0 Å². The fourth-order valence-corrected chi connectivity index (χ4v) is 7.23. The summed E-state index contributed by atoms with van der Waals surface area (Å²) in [6.45, 7) is 0. The number of nitrogens with zero attached hydrogens (tertiary/aromatic N) is 1. The van der Waals surface area contributed by atoms with Crippen LogP contribution in [-0.2, 0) is 0 Å². The first-order valence-corrected chi connectivity index (χ1v) is 14.5. The van der Waals surface area contributed by atoms with Crippen LogP contribution < -0.4 is 0 Å². The minimum Gasteiger partial charge on any atom is -0.309 e. The van der Waals surface area contributed by atoms with Gasteiger partial charge in [-0.05, 0) is 74.5 Å². The van der Waals surface area contributed by atoms with Gasteiger partial charge in [0, 0.05) is 27.2 Å². The summed E-state index contributed by atoms with van der Waals surface area (Å²) in [4.78, 5) is 0. The maximum absolute atomic E-state index is 2.54. The minimum atomic E-state index is 1.06. The van der Waals surface area contributed by atoms with Crippen LogP contribution in [0.5, 0.6) is 0 Å². The first-order valence-electron chi connectivity index (χ1n) is 14.5. The third-order valence-corrected chi connectivity index (χ3v) is 8.94. The first-order chi connectivity index (χ1) is 20.4. The topological polar surface area (TPSA) is 4.93 Å². The molecule has 0 amide bonds. The van der Waals surface area contributed by atoms with Crippen molar-refractivity contribution in [3.63, 3.8) is 0 Å². The summed E-state index contributed by atoms with van der Waals surface area (Å²) in [6, 6.07) is 44.8. The van der Waals surface area contributed by atoms with E-state index in [-0.39, 0.29) is 0 Å². The molecule has 192 valence electrons. The van der Waals surface area contributed by atoms with Crippen molar-refractivity contribution in [2.45, 2.75) is 12.8 Å². The summed E-state index contributed by atoms with van der Waals surface area (Å²) in [5.41, 5.74) is 6.37. The molecule has 1 aliphatic rings. The van der Waals surface area contributed by atoms with Crippen LogP contribution in [0.3, 0.4) is 0 Å². The molecule has 1 heterocycles. The second-order valence-electron chi connectivity index (χ2n) is 11.2. The van der Waals surface area contributed by atoms with Gasteiger partial charge in [-0.2, -0.15) is 0 Å². The molecule has 0 N–H and O–H groups in total. The van der Waals surface area contributed by atoms with Crippen LogP contribution in [-0.4, -0.2) is 4.57 Å². The lowest BCUT2D eigenvalue weighted by Gasteiger charge is -2.17. The Kier molecular flexibility index (Phi) is 4.80. The number of aromatic nitrogens is 1. The lowest BCUT2D eigenvalue weighted by Crippen LogP contribution is -1.98. The molecule has 1 heteroatoms. The number of benzene rings is 7. The summed E-state index contributed by atoms with van der Waals surface area (Å²) < 4.78 is 2.54. The molecule has 0 atom stereocenters. The Bertz CT molecular complexity index is 2400. The average molecular weight is 522 g/mol. The van der Waals surface area contributed by atoms with Crippen LogP contribution in [0.25, 0.3) is 81.7 Å². The molecule has 41 heavy (non-hydrogen) atoms. The largest absolute Gasteiger partial charge is 0.309 e. The van der Waals surface area contributed by atoms with Gasteiger partial charge < -0.3 is 4.57 Å². The van der Waals surface area contributed by atoms with Gasteiger partial charge in [-0.15, -0.1) is 0 Å². The summed E-state index contributed by atoms with van der Waals surface area (Å²) in [5, 5.41) is 13.1. The van der Waals surface area contributed by atoms with E-state index in [9.17, 15) is 0 Å². The van der Waals surface area contributed by atoms with E-state index in [1.54, 1.807) is 0 Å². The van der Waals surface area contributed by atoms with E-state index in [1.165, 1.54) is 81.7 Å². The minimum absolute atomic E-state index is 1.06. The van der Waals surface area contributed by atoms with E-state index in [2.05, 4.69) is 144 Å². The van der Waals surface area contributed by atoms with Gasteiger partial charge in [-0.25, -0.2) is 0 Å². The van der Waals surface area contributed by atoms with Crippen molar-refractivity contribution >= 4 is 70.6 Å². The fourth-order valence-electron chi connectivity index (χ4n) is 7.23. The molecule has 1 aromatic heterocycles. The number of fused-ring (bicyclic) bond motifs is 12. The highest BCUT2D eigenvalue weighted by atomic mass is 15.0. The Morgan fingerprint density at radius 1 is 0.488 bits per heavy atom. The van der Waals surface area contributed by atoms with Crippen molar-refractivity contribution < 1.29 is 0 Å².